The molecule has 1 atom stereocenters. The predicted octanol–water partition coefficient (Wildman–Crippen LogP) is 4.25. The number of hydrogen-bond donors (Lipinski definition) is 0. The van der Waals surface area contributed by atoms with Crippen LogP contribution >= 0.6 is 11.6 Å². The summed E-state index contributed by atoms with van der Waals surface area (Å²) in [4.78, 5) is 14.5. The molecule has 2 aromatic carbocycles. The number of fused-ring (bicyclic) bond motifs is 3. The molecule has 133 valence electrons. The van der Waals surface area contributed by atoms with E-state index in [4.69, 9.17) is 11.6 Å². The van der Waals surface area contributed by atoms with Crippen molar-refractivity contribution in [3.8, 4) is 0 Å². The summed E-state index contributed by atoms with van der Waals surface area (Å²) in [5.74, 6) is -0.451. The number of nitrogens with zero attached hydrogens (tertiary/aromatic N) is 2. The van der Waals surface area contributed by atoms with Crippen molar-refractivity contribution >= 4 is 28.4 Å². The molecule has 0 aliphatic carbocycles. The van der Waals surface area contributed by atoms with E-state index in [2.05, 4.69) is 22.8 Å². The summed E-state index contributed by atoms with van der Waals surface area (Å²) in [5, 5.41) is 1.17. The van der Waals surface area contributed by atoms with Crippen molar-refractivity contribution in [2.45, 2.75) is 31.8 Å². The van der Waals surface area contributed by atoms with Crippen LogP contribution in [-0.4, -0.2) is 28.5 Å². The van der Waals surface area contributed by atoms with Gasteiger partial charge in [-0.05, 0) is 36.6 Å². The van der Waals surface area contributed by atoms with Gasteiger partial charge in [-0.2, -0.15) is 0 Å². The lowest BCUT2D eigenvalue weighted by molar-refractivity contribution is -0.131. The zero-order chi connectivity index (χ0) is 18.3. The number of aromatic nitrogens is 1. The van der Waals surface area contributed by atoms with Gasteiger partial charge in [0.2, 0.25) is 5.91 Å². The Morgan fingerprint density at radius 2 is 2.15 bits per heavy atom. The molecule has 5 heteroatoms. The summed E-state index contributed by atoms with van der Waals surface area (Å²) in [6.07, 6.45) is 2.04. The van der Waals surface area contributed by atoms with Crippen molar-refractivity contribution in [3.63, 3.8) is 0 Å². The number of carbonyl (C=O) groups excluding carboxylic acids is 1. The van der Waals surface area contributed by atoms with Gasteiger partial charge in [-0.3, -0.25) is 4.79 Å². The normalized spacial score (nSPS) is 16.5. The highest BCUT2D eigenvalue weighted by atomic mass is 35.5. The quantitative estimate of drug-likeness (QED) is 0.677. The van der Waals surface area contributed by atoms with Crippen LogP contribution in [0.4, 0.5) is 4.39 Å². The fourth-order valence-corrected chi connectivity index (χ4v) is 3.87. The van der Waals surface area contributed by atoms with Crippen LogP contribution in [0.1, 0.15) is 17.7 Å². The number of para-hydroxylation sites is 1. The lowest BCUT2D eigenvalue weighted by atomic mass is 10.0. The van der Waals surface area contributed by atoms with Crippen molar-refractivity contribution in [3.05, 3.63) is 70.6 Å². The first-order valence-electron chi connectivity index (χ1n) is 8.72. The van der Waals surface area contributed by atoms with E-state index in [-0.39, 0.29) is 23.4 Å². The van der Waals surface area contributed by atoms with E-state index in [0.717, 1.165) is 30.3 Å². The summed E-state index contributed by atoms with van der Waals surface area (Å²) in [6.45, 7) is 0.770. The molecule has 0 spiro atoms. The number of benzene rings is 2. The van der Waals surface area contributed by atoms with E-state index in [1.54, 1.807) is 6.07 Å². The van der Waals surface area contributed by atoms with Crippen LogP contribution < -0.4 is 0 Å². The number of likely N-dealkylation sites (N-methyl/N-ethyl adjacent to an activating group) is 1. The first-order valence-corrected chi connectivity index (χ1v) is 9.10. The smallest absolute Gasteiger partial charge is 0.227 e. The number of hydrogen-bond acceptors (Lipinski definition) is 1. The molecule has 26 heavy (non-hydrogen) atoms. The Labute approximate surface area is 157 Å². The molecule has 1 radical (unpaired) electrons. The van der Waals surface area contributed by atoms with E-state index in [0.29, 0.717) is 0 Å². The van der Waals surface area contributed by atoms with Crippen LogP contribution in [0.25, 0.3) is 10.9 Å². The van der Waals surface area contributed by atoms with Gasteiger partial charge >= 0.3 is 0 Å². The molecular formula is C21H19ClFN2O. The third-order valence-electron chi connectivity index (χ3n) is 5.19. The Hall–Kier alpha value is -2.33. The number of aryl methyl sites for hydroxylation is 1. The van der Waals surface area contributed by atoms with Gasteiger partial charge < -0.3 is 9.47 Å². The highest BCUT2D eigenvalue weighted by Crippen LogP contribution is 2.27. The van der Waals surface area contributed by atoms with E-state index in [1.807, 2.05) is 24.1 Å². The van der Waals surface area contributed by atoms with Gasteiger partial charge in [0.05, 0.1) is 11.4 Å². The maximum Gasteiger partial charge on any atom is 0.227 e. The molecule has 4 rings (SSSR count). The van der Waals surface area contributed by atoms with Crippen molar-refractivity contribution < 1.29 is 9.18 Å². The zero-order valence-corrected chi connectivity index (χ0v) is 15.3. The van der Waals surface area contributed by atoms with Gasteiger partial charge in [0.1, 0.15) is 5.82 Å². The number of rotatable bonds is 3. The first-order chi connectivity index (χ1) is 12.5. The van der Waals surface area contributed by atoms with E-state index in [1.165, 1.54) is 23.3 Å². The van der Waals surface area contributed by atoms with Crippen LogP contribution in [0.3, 0.4) is 0 Å². The van der Waals surface area contributed by atoms with E-state index < -0.39 is 5.82 Å². The number of carbonyl (C=O) groups is 1. The molecule has 3 aromatic rings. The summed E-state index contributed by atoms with van der Waals surface area (Å²) in [7, 11) is 1.85. The third kappa shape index (κ3) is 3.10. The second-order valence-electron chi connectivity index (χ2n) is 6.82. The van der Waals surface area contributed by atoms with E-state index >= 15 is 0 Å². The highest BCUT2D eigenvalue weighted by molar-refractivity contribution is 6.30. The van der Waals surface area contributed by atoms with Crippen molar-refractivity contribution in [1.29, 1.82) is 0 Å². The summed E-state index contributed by atoms with van der Waals surface area (Å²) in [6, 6.07) is 16.3. The van der Waals surface area contributed by atoms with Gasteiger partial charge in [0.15, 0.2) is 0 Å². The largest absolute Gasteiger partial charge is 0.342 e. The third-order valence-corrected chi connectivity index (χ3v) is 5.48. The minimum atomic E-state index is -0.466. The molecule has 1 aliphatic heterocycles. The molecule has 0 bridgehead atoms. The lowest BCUT2D eigenvalue weighted by Gasteiger charge is -2.33. The molecule has 0 saturated carbocycles. The Kier molecular flexibility index (Phi) is 4.45. The maximum absolute atomic E-state index is 13.3. The Morgan fingerprint density at radius 3 is 2.96 bits per heavy atom. The second-order valence-corrected chi connectivity index (χ2v) is 7.23. The Bertz CT molecular complexity index is 981. The lowest BCUT2D eigenvalue weighted by Crippen LogP contribution is -2.43. The van der Waals surface area contributed by atoms with Crippen molar-refractivity contribution in [2.75, 3.05) is 7.05 Å². The molecule has 2 heterocycles. The number of amides is 1. The van der Waals surface area contributed by atoms with Crippen LogP contribution in [0.5, 0.6) is 0 Å². The molecule has 3 nitrogen and oxygen atoms in total. The molecule has 1 aliphatic rings. The molecule has 1 amide bonds. The summed E-state index contributed by atoms with van der Waals surface area (Å²) < 4.78 is 15.6. The molecule has 0 unspecified atom stereocenters. The standard InChI is InChI=1S/C21H19ClFN2O/c1-24(21(26)11-14-6-9-19(23)18(22)10-14)17-8-7-16-12-15-4-2-3-5-20(15)25(16)13-17/h2-6,9-10,17H,7-8,11,13H2,1H3/t17-/m1/s1. The average molecular weight is 370 g/mol. The average Bonchev–Trinajstić information content (AvgIpc) is 3.02. The fourth-order valence-electron chi connectivity index (χ4n) is 3.66. The van der Waals surface area contributed by atoms with Crippen molar-refractivity contribution in [1.82, 2.24) is 9.47 Å². The molecule has 0 fully saturated rings. The Morgan fingerprint density at radius 1 is 1.35 bits per heavy atom. The SMILES string of the molecule is CN(C(=O)Cc1ccc(F)c(Cl)c1)[C@@H]1CCc2[c]c3ccccc3n2C1. The van der Waals surface area contributed by atoms with Crippen LogP contribution in [-0.2, 0) is 24.2 Å². The number of halogens is 2. The van der Waals surface area contributed by atoms with Crippen molar-refractivity contribution in [2.24, 2.45) is 0 Å². The van der Waals surface area contributed by atoms with Gasteiger partial charge in [0, 0.05) is 42.3 Å². The topological polar surface area (TPSA) is 25.2 Å². The van der Waals surface area contributed by atoms with Crippen LogP contribution in [0.2, 0.25) is 5.02 Å². The van der Waals surface area contributed by atoms with Gasteiger partial charge in [-0.1, -0.05) is 35.9 Å². The monoisotopic (exact) mass is 369 g/mol. The van der Waals surface area contributed by atoms with Gasteiger partial charge in [-0.15, -0.1) is 0 Å². The summed E-state index contributed by atoms with van der Waals surface area (Å²) >= 11 is 5.82. The summed E-state index contributed by atoms with van der Waals surface area (Å²) in [5.41, 5.74) is 3.09. The zero-order valence-electron chi connectivity index (χ0n) is 14.5. The highest BCUT2D eigenvalue weighted by Gasteiger charge is 2.26. The molecular weight excluding hydrogens is 351 g/mol. The minimum Gasteiger partial charge on any atom is -0.342 e. The maximum atomic E-state index is 13.3. The fraction of sp³-hybridized carbons (Fsp3) is 0.286. The first kappa shape index (κ1) is 17.1. The van der Waals surface area contributed by atoms with Crippen LogP contribution in [0, 0.1) is 11.9 Å². The van der Waals surface area contributed by atoms with E-state index in [9.17, 15) is 9.18 Å². The van der Waals surface area contributed by atoms with Crippen LogP contribution in [0.15, 0.2) is 42.5 Å². The second kappa shape index (κ2) is 6.76. The van der Waals surface area contributed by atoms with Gasteiger partial charge in [0.25, 0.3) is 0 Å². The Balaban J connectivity index is 1.50. The molecule has 1 aromatic heterocycles. The molecule has 0 N–H and O–H groups in total. The minimum absolute atomic E-state index is 0.0153. The molecule has 0 saturated heterocycles. The predicted molar refractivity (Wildman–Crippen MR) is 101 cm³/mol. The van der Waals surface area contributed by atoms with Gasteiger partial charge in [-0.25, -0.2) is 4.39 Å².